The Morgan fingerprint density at radius 2 is 1.76 bits per heavy atom. The van der Waals surface area contributed by atoms with Gasteiger partial charge in [-0.15, -0.1) is 0 Å². The molecule has 5 rings (SSSR count). The van der Waals surface area contributed by atoms with Crippen LogP contribution < -0.4 is 5.56 Å². The smallest absolute Gasteiger partial charge is 0.261 e. The Morgan fingerprint density at radius 3 is 2.51 bits per heavy atom. The largest absolute Gasteiger partial charge is 0.508 e. The fourth-order valence-electron chi connectivity index (χ4n) is 5.29. The highest BCUT2D eigenvalue weighted by Gasteiger charge is 2.24. The molecule has 2 N–H and O–H groups in total. The SMILES string of the molecule is CC(C)CCN1CCCC(Cn2c(-c3ccccc3O)nc3ccc(-c4ccc(O)cc4)cc3c2=O)C1. The van der Waals surface area contributed by atoms with Crippen LogP contribution in [0.25, 0.3) is 33.4 Å². The lowest BCUT2D eigenvalue weighted by atomic mass is 9.96. The molecule has 1 aliphatic rings. The predicted molar refractivity (Wildman–Crippen MR) is 149 cm³/mol. The Morgan fingerprint density at radius 1 is 1.00 bits per heavy atom. The molecule has 0 radical (unpaired) electrons. The molecule has 0 bridgehead atoms. The average molecular weight is 498 g/mol. The van der Waals surface area contributed by atoms with Gasteiger partial charge in [0.1, 0.15) is 17.3 Å². The fourth-order valence-corrected chi connectivity index (χ4v) is 5.29. The summed E-state index contributed by atoms with van der Waals surface area (Å²) in [5.74, 6) is 1.83. The van der Waals surface area contributed by atoms with E-state index in [-0.39, 0.29) is 17.1 Å². The van der Waals surface area contributed by atoms with E-state index in [4.69, 9.17) is 4.98 Å². The van der Waals surface area contributed by atoms with Gasteiger partial charge in [-0.2, -0.15) is 0 Å². The van der Waals surface area contributed by atoms with Crippen molar-refractivity contribution in [1.82, 2.24) is 14.5 Å². The van der Waals surface area contributed by atoms with Gasteiger partial charge in [-0.3, -0.25) is 9.36 Å². The summed E-state index contributed by atoms with van der Waals surface area (Å²) in [6.07, 6.45) is 3.36. The summed E-state index contributed by atoms with van der Waals surface area (Å²) < 4.78 is 1.77. The van der Waals surface area contributed by atoms with E-state index in [1.165, 1.54) is 6.42 Å². The van der Waals surface area contributed by atoms with E-state index in [1.54, 1.807) is 28.8 Å². The topological polar surface area (TPSA) is 78.6 Å². The van der Waals surface area contributed by atoms with Crippen LogP contribution in [0.1, 0.15) is 33.1 Å². The summed E-state index contributed by atoms with van der Waals surface area (Å²) in [6.45, 7) is 8.23. The van der Waals surface area contributed by atoms with Crippen LogP contribution in [0.2, 0.25) is 0 Å². The van der Waals surface area contributed by atoms with Crippen molar-refractivity contribution < 1.29 is 10.2 Å². The van der Waals surface area contributed by atoms with E-state index >= 15 is 0 Å². The number of likely N-dealkylation sites (tertiary alicyclic amines) is 1. The molecule has 1 fully saturated rings. The second-order valence-electron chi connectivity index (χ2n) is 10.6. The molecule has 192 valence electrons. The van der Waals surface area contributed by atoms with Crippen LogP contribution in [0, 0.1) is 11.8 Å². The fraction of sp³-hybridized carbons (Fsp3) is 0.355. The molecule has 6 nitrogen and oxygen atoms in total. The number of hydrogen-bond acceptors (Lipinski definition) is 5. The number of aromatic nitrogens is 2. The Kier molecular flexibility index (Phi) is 7.28. The van der Waals surface area contributed by atoms with Gasteiger partial charge < -0.3 is 15.1 Å². The lowest BCUT2D eigenvalue weighted by Crippen LogP contribution is -2.39. The van der Waals surface area contributed by atoms with Crippen molar-refractivity contribution in [2.24, 2.45) is 11.8 Å². The summed E-state index contributed by atoms with van der Waals surface area (Å²) in [5, 5.41) is 20.9. The maximum atomic E-state index is 14.0. The lowest BCUT2D eigenvalue weighted by Gasteiger charge is -2.33. The third-order valence-corrected chi connectivity index (χ3v) is 7.37. The molecule has 37 heavy (non-hydrogen) atoms. The number of fused-ring (bicyclic) bond motifs is 1. The first-order chi connectivity index (χ1) is 17.9. The quantitative estimate of drug-likeness (QED) is 0.332. The highest BCUT2D eigenvalue weighted by Crippen LogP contribution is 2.30. The van der Waals surface area contributed by atoms with E-state index in [0.29, 0.717) is 40.7 Å². The van der Waals surface area contributed by atoms with E-state index in [2.05, 4.69) is 18.7 Å². The molecule has 1 saturated heterocycles. The Bertz CT molecular complexity index is 1440. The standard InChI is InChI=1S/C31H35N3O3/c1-21(2)15-17-33-16-5-6-22(19-33)20-34-30(26-7-3-4-8-29(26)36)32-28-14-11-24(18-27(28)31(34)37)23-9-12-25(35)13-10-23/h3-4,7-14,18,21-22,35-36H,5-6,15-17,19-20H2,1-2H3. The number of aromatic hydroxyl groups is 2. The molecule has 1 unspecified atom stereocenters. The van der Waals surface area contributed by atoms with Crippen LogP contribution >= 0.6 is 0 Å². The number of para-hydroxylation sites is 1. The molecule has 2 heterocycles. The summed E-state index contributed by atoms with van der Waals surface area (Å²) in [6, 6.07) is 19.7. The zero-order valence-corrected chi connectivity index (χ0v) is 21.6. The van der Waals surface area contributed by atoms with Gasteiger partial charge in [-0.05, 0) is 91.7 Å². The summed E-state index contributed by atoms with van der Waals surface area (Å²) >= 11 is 0. The van der Waals surface area contributed by atoms with Crippen LogP contribution in [0.15, 0.2) is 71.5 Å². The lowest BCUT2D eigenvalue weighted by molar-refractivity contribution is 0.155. The van der Waals surface area contributed by atoms with Crippen molar-refractivity contribution in [3.05, 3.63) is 77.1 Å². The van der Waals surface area contributed by atoms with Gasteiger partial charge in [0.2, 0.25) is 0 Å². The molecule has 0 saturated carbocycles. The van der Waals surface area contributed by atoms with Crippen LogP contribution in [-0.2, 0) is 6.54 Å². The van der Waals surface area contributed by atoms with Gasteiger partial charge in [0.05, 0.1) is 16.5 Å². The molecule has 0 aliphatic carbocycles. The molecular weight excluding hydrogens is 462 g/mol. The minimum Gasteiger partial charge on any atom is -0.508 e. The van der Waals surface area contributed by atoms with E-state index in [0.717, 1.165) is 43.6 Å². The zero-order valence-electron chi connectivity index (χ0n) is 21.6. The Labute approximate surface area is 217 Å². The van der Waals surface area contributed by atoms with E-state index in [9.17, 15) is 15.0 Å². The number of nitrogens with zero attached hydrogens (tertiary/aromatic N) is 3. The van der Waals surface area contributed by atoms with E-state index in [1.807, 2.05) is 42.5 Å². The summed E-state index contributed by atoms with van der Waals surface area (Å²) in [7, 11) is 0. The number of phenols is 2. The Hall–Kier alpha value is -3.64. The highest BCUT2D eigenvalue weighted by molar-refractivity contribution is 5.85. The second-order valence-corrected chi connectivity index (χ2v) is 10.6. The molecule has 1 aliphatic heterocycles. The molecule has 6 heteroatoms. The van der Waals surface area contributed by atoms with Crippen LogP contribution in [0.3, 0.4) is 0 Å². The minimum atomic E-state index is -0.0943. The van der Waals surface area contributed by atoms with Crippen LogP contribution in [0.4, 0.5) is 0 Å². The first-order valence-electron chi connectivity index (χ1n) is 13.2. The van der Waals surface area contributed by atoms with E-state index < -0.39 is 0 Å². The van der Waals surface area contributed by atoms with Crippen molar-refractivity contribution in [1.29, 1.82) is 0 Å². The van der Waals surface area contributed by atoms with Gasteiger partial charge in [0, 0.05) is 13.1 Å². The third-order valence-electron chi connectivity index (χ3n) is 7.37. The normalized spacial score (nSPS) is 16.5. The van der Waals surface area contributed by atoms with Crippen LogP contribution in [-0.4, -0.2) is 44.3 Å². The zero-order chi connectivity index (χ0) is 25.9. The maximum absolute atomic E-state index is 14.0. The molecule has 1 atom stereocenters. The maximum Gasteiger partial charge on any atom is 0.261 e. The molecule has 3 aromatic carbocycles. The number of phenolic OH excluding ortho intramolecular Hbond substituents is 2. The molecule has 4 aromatic rings. The number of hydrogen-bond donors (Lipinski definition) is 2. The van der Waals surface area contributed by atoms with Crippen molar-refractivity contribution in [2.45, 2.75) is 39.7 Å². The van der Waals surface area contributed by atoms with Crippen LogP contribution in [0.5, 0.6) is 11.5 Å². The third kappa shape index (κ3) is 5.54. The second kappa shape index (κ2) is 10.8. The molecule has 0 amide bonds. The monoisotopic (exact) mass is 497 g/mol. The summed E-state index contributed by atoms with van der Waals surface area (Å²) in [5.41, 5.74) is 2.89. The first kappa shape index (κ1) is 25.0. The first-order valence-corrected chi connectivity index (χ1v) is 13.2. The van der Waals surface area contributed by atoms with Crippen molar-refractivity contribution in [3.8, 4) is 34.0 Å². The van der Waals surface area contributed by atoms with Gasteiger partial charge >= 0.3 is 0 Å². The van der Waals surface area contributed by atoms with Crippen molar-refractivity contribution in [3.63, 3.8) is 0 Å². The van der Waals surface area contributed by atoms with Crippen molar-refractivity contribution in [2.75, 3.05) is 19.6 Å². The minimum absolute atomic E-state index is 0.0943. The molecular formula is C31H35N3O3. The molecule has 0 spiro atoms. The number of piperidine rings is 1. The van der Waals surface area contributed by atoms with Gasteiger partial charge in [0.25, 0.3) is 5.56 Å². The summed E-state index contributed by atoms with van der Waals surface area (Å²) in [4.78, 5) is 21.5. The predicted octanol–water partition coefficient (Wildman–Crippen LogP) is 5.90. The average Bonchev–Trinajstić information content (AvgIpc) is 2.90. The van der Waals surface area contributed by atoms with Gasteiger partial charge in [-0.1, -0.05) is 44.2 Å². The Balaban J connectivity index is 1.57. The number of rotatable bonds is 7. The van der Waals surface area contributed by atoms with Gasteiger partial charge in [0.15, 0.2) is 0 Å². The molecule has 1 aromatic heterocycles. The highest BCUT2D eigenvalue weighted by atomic mass is 16.3. The van der Waals surface area contributed by atoms with Gasteiger partial charge in [-0.25, -0.2) is 4.98 Å². The number of benzene rings is 3. The van der Waals surface area contributed by atoms with Crippen molar-refractivity contribution >= 4 is 10.9 Å².